The second-order valence-corrected chi connectivity index (χ2v) is 9.33. The maximum atomic E-state index is 10.8. The van der Waals surface area contributed by atoms with E-state index in [-0.39, 0.29) is 31.2 Å². The van der Waals surface area contributed by atoms with Crippen molar-refractivity contribution < 1.29 is 9.90 Å². The molecule has 0 amide bonds. The van der Waals surface area contributed by atoms with E-state index in [0.717, 1.165) is 70.3 Å². The average Bonchev–Trinajstić information content (AvgIpc) is 3.08. The Kier molecular flexibility index (Phi) is 12.0. The topological polar surface area (TPSA) is 84.8 Å². The molecule has 3 aliphatic heterocycles. The molecule has 1 aromatic rings. The Balaban J connectivity index is 0.00000193. The van der Waals surface area contributed by atoms with Crippen molar-refractivity contribution in [2.45, 2.75) is 69.9 Å². The molecule has 33 heavy (non-hydrogen) atoms. The minimum absolute atomic E-state index is 0. The lowest BCUT2D eigenvalue weighted by Gasteiger charge is -2.42. The van der Waals surface area contributed by atoms with Crippen molar-refractivity contribution in [3.05, 3.63) is 12.3 Å². The normalized spacial score (nSPS) is 23.2. The highest BCUT2D eigenvalue weighted by Gasteiger charge is 2.29. The van der Waals surface area contributed by atoms with Gasteiger partial charge in [0.1, 0.15) is 5.82 Å². The number of piperidine rings is 2. The minimum atomic E-state index is -0.700. The quantitative estimate of drug-likeness (QED) is 0.585. The molecule has 8 nitrogen and oxygen atoms in total. The van der Waals surface area contributed by atoms with Crippen molar-refractivity contribution in [2.24, 2.45) is 0 Å². The molecule has 3 fully saturated rings. The molecule has 4 rings (SSSR count). The van der Waals surface area contributed by atoms with Gasteiger partial charge in [-0.15, -0.1) is 24.8 Å². The Morgan fingerprint density at radius 3 is 2.42 bits per heavy atom. The Labute approximate surface area is 210 Å². The van der Waals surface area contributed by atoms with Gasteiger partial charge < -0.3 is 20.2 Å². The highest BCUT2D eigenvalue weighted by atomic mass is 35.5. The molecular weight excluding hydrogens is 463 g/mol. The number of carboxylic acids is 1. The SMILES string of the molecule is Cl.Cl.O=C(O)CCN1CCC(N2CCCC(Nc3nccc(N4CCCCCC4)n3)C2)CC1. The largest absolute Gasteiger partial charge is 0.481 e. The van der Waals surface area contributed by atoms with Gasteiger partial charge in [-0.05, 0) is 64.2 Å². The average molecular weight is 504 g/mol. The number of hydrogen-bond acceptors (Lipinski definition) is 7. The second-order valence-electron chi connectivity index (χ2n) is 9.33. The lowest BCUT2D eigenvalue weighted by atomic mass is 9.98. The summed E-state index contributed by atoms with van der Waals surface area (Å²) in [6, 6.07) is 3.04. The highest BCUT2D eigenvalue weighted by Crippen LogP contribution is 2.23. The van der Waals surface area contributed by atoms with E-state index in [9.17, 15) is 4.79 Å². The van der Waals surface area contributed by atoms with Gasteiger partial charge in [-0.25, -0.2) is 4.98 Å². The fraction of sp³-hybridized carbons (Fsp3) is 0.783. The summed E-state index contributed by atoms with van der Waals surface area (Å²) < 4.78 is 0. The van der Waals surface area contributed by atoms with E-state index in [0.29, 0.717) is 18.6 Å². The molecule has 1 aromatic heterocycles. The lowest BCUT2D eigenvalue weighted by molar-refractivity contribution is -0.137. The van der Waals surface area contributed by atoms with Crippen molar-refractivity contribution in [3.8, 4) is 0 Å². The molecule has 10 heteroatoms. The maximum Gasteiger partial charge on any atom is 0.304 e. The van der Waals surface area contributed by atoms with Crippen LogP contribution < -0.4 is 10.2 Å². The van der Waals surface area contributed by atoms with Gasteiger partial charge in [-0.1, -0.05) is 12.8 Å². The first-order valence-electron chi connectivity index (χ1n) is 12.2. The molecule has 0 spiro atoms. The minimum Gasteiger partial charge on any atom is -0.481 e. The summed E-state index contributed by atoms with van der Waals surface area (Å²) in [4.78, 5) is 27.5. The van der Waals surface area contributed by atoms with Gasteiger partial charge in [0, 0.05) is 44.5 Å². The van der Waals surface area contributed by atoms with E-state index in [4.69, 9.17) is 10.1 Å². The smallest absolute Gasteiger partial charge is 0.304 e. The first kappa shape index (κ1) is 27.9. The molecule has 0 aromatic carbocycles. The van der Waals surface area contributed by atoms with Crippen LogP contribution in [0.2, 0.25) is 0 Å². The first-order valence-corrected chi connectivity index (χ1v) is 12.2. The summed E-state index contributed by atoms with van der Waals surface area (Å²) in [7, 11) is 0. The van der Waals surface area contributed by atoms with Gasteiger partial charge >= 0.3 is 5.97 Å². The van der Waals surface area contributed by atoms with E-state index < -0.39 is 5.97 Å². The number of likely N-dealkylation sites (tertiary alicyclic amines) is 2. The van der Waals surface area contributed by atoms with Crippen LogP contribution in [0.25, 0.3) is 0 Å². The fourth-order valence-electron chi connectivity index (χ4n) is 5.29. The van der Waals surface area contributed by atoms with E-state index in [2.05, 4.69) is 25.0 Å². The molecule has 4 heterocycles. The molecule has 1 unspecified atom stereocenters. The zero-order valence-corrected chi connectivity index (χ0v) is 21.2. The van der Waals surface area contributed by atoms with Crippen molar-refractivity contribution in [2.75, 3.05) is 56.0 Å². The van der Waals surface area contributed by atoms with Crippen molar-refractivity contribution in [1.82, 2.24) is 19.8 Å². The highest BCUT2D eigenvalue weighted by molar-refractivity contribution is 5.85. The second kappa shape index (κ2) is 14.1. The van der Waals surface area contributed by atoms with E-state index >= 15 is 0 Å². The molecule has 3 aliphatic rings. The van der Waals surface area contributed by atoms with Crippen molar-refractivity contribution in [3.63, 3.8) is 0 Å². The third-order valence-corrected chi connectivity index (χ3v) is 7.07. The van der Waals surface area contributed by atoms with E-state index in [1.54, 1.807) is 0 Å². The zero-order valence-electron chi connectivity index (χ0n) is 19.5. The van der Waals surface area contributed by atoms with Gasteiger partial charge in [0.15, 0.2) is 0 Å². The van der Waals surface area contributed by atoms with E-state index in [1.807, 2.05) is 12.3 Å². The molecule has 0 radical (unpaired) electrons. The summed E-state index contributed by atoms with van der Waals surface area (Å²) in [5.74, 6) is 1.12. The number of aromatic nitrogens is 2. The Bertz CT molecular complexity index is 712. The Morgan fingerprint density at radius 2 is 1.73 bits per heavy atom. The Morgan fingerprint density at radius 1 is 1.00 bits per heavy atom. The molecule has 3 saturated heterocycles. The third-order valence-electron chi connectivity index (χ3n) is 7.07. The van der Waals surface area contributed by atoms with Crippen LogP contribution >= 0.6 is 24.8 Å². The number of nitrogens with zero attached hydrogens (tertiary/aromatic N) is 5. The number of nitrogens with one attached hydrogen (secondary N) is 1. The molecule has 2 N–H and O–H groups in total. The summed E-state index contributed by atoms with van der Waals surface area (Å²) in [6.45, 7) is 7.08. The number of rotatable bonds is 7. The summed E-state index contributed by atoms with van der Waals surface area (Å²) in [5.41, 5.74) is 0. The number of hydrogen-bond donors (Lipinski definition) is 2. The van der Waals surface area contributed by atoms with Gasteiger partial charge in [-0.3, -0.25) is 9.69 Å². The zero-order chi connectivity index (χ0) is 21.5. The van der Waals surface area contributed by atoms with Crippen LogP contribution in [-0.2, 0) is 4.79 Å². The van der Waals surface area contributed by atoms with Gasteiger partial charge in [0.2, 0.25) is 5.95 Å². The molecule has 188 valence electrons. The van der Waals surface area contributed by atoms with Crippen molar-refractivity contribution in [1.29, 1.82) is 0 Å². The monoisotopic (exact) mass is 502 g/mol. The fourth-order valence-corrected chi connectivity index (χ4v) is 5.29. The van der Waals surface area contributed by atoms with Crippen LogP contribution in [0.5, 0.6) is 0 Å². The number of anilines is 2. The standard InChI is InChI=1S/C23H38N6O2.2ClH/c30-22(31)10-17-27-15-8-20(9-16-27)29-14-5-6-19(18-29)25-23-24-11-7-21(26-23)28-12-3-1-2-4-13-28;;/h7,11,19-20H,1-6,8-10,12-18H2,(H,30,31)(H,24,25,26);2*1H. The van der Waals surface area contributed by atoms with Crippen LogP contribution in [0.4, 0.5) is 11.8 Å². The first-order chi connectivity index (χ1) is 15.2. The van der Waals surface area contributed by atoms with Gasteiger partial charge in [0.25, 0.3) is 0 Å². The summed E-state index contributed by atoms with van der Waals surface area (Å²) in [6.07, 6.45) is 11.9. The predicted octanol–water partition coefficient (Wildman–Crippen LogP) is 3.52. The van der Waals surface area contributed by atoms with Crippen LogP contribution in [0.15, 0.2) is 12.3 Å². The van der Waals surface area contributed by atoms with Crippen molar-refractivity contribution >= 4 is 42.5 Å². The molecule has 1 atom stereocenters. The van der Waals surface area contributed by atoms with Gasteiger partial charge in [0.05, 0.1) is 6.42 Å². The van der Waals surface area contributed by atoms with E-state index in [1.165, 1.54) is 32.1 Å². The summed E-state index contributed by atoms with van der Waals surface area (Å²) in [5, 5.41) is 12.5. The van der Waals surface area contributed by atoms with Gasteiger partial charge in [-0.2, -0.15) is 4.98 Å². The van der Waals surface area contributed by atoms with Crippen LogP contribution in [0, 0.1) is 0 Å². The Hall–Kier alpha value is -1.35. The number of carboxylic acid groups (broad SMARTS) is 1. The molecular formula is C23H40Cl2N6O2. The van der Waals surface area contributed by atoms with Crippen LogP contribution in [-0.4, -0.2) is 88.7 Å². The maximum absolute atomic E-state index is 10.8. The molecule has 0 aliphatic carbocycles. The van der Waals surface area contributed by atoms with Crippen LogP contribution in [0.3, 0.4) is 0 Å². The number of halogens is 2. The number of carbonyl (C=O) groups is 1. The third kappa shape index (κ3) is 8.42. The molecule has 0 bridgehead atoms. The van der Waals surface area contributed by atoms with Crippen LogP contribution in [0.1, 0.15) is 57.8 Å². The predicted molar refractivity (Wildman–Crippen MR) is 137 cm³/mol. The number of aliphatic carboxylic acids is 1. The lowest BCUT2D eigenvalue weighted by Crippen LogP contribution is -2.51. The summed E-state index contributed by atoms with van der Waals surface area (Å²) >= 11 is 0. The molecule has 0 saturated carbocycles.